The van der Waals surface area contributed by atoms with E-state index in [-0.39, 0.29) is 0 Å². The van der Waals surface area contributed by atoms with Crippen LogP contribution in [0.5, 0.6) is 0 Å². The average Bonchev–Trinajstić information content (AvgIpc) is 2.72. The molecule has 2 rings (SSSR count). The average molecular weight is 347 g/mol. The molecule has 1 atom stereocenters. The van der Waals surface area contributed by atoms with Gasteiger partial charge < -0.3 is 5.32 Å². The zero-order valence-electron chi connectivity index (χ0n) is 11.0. The van der Waals surface area contributed by atoms with E-state index < -0.39 is 0 Å². The highest BCUT2D eigenvalue weighted by atomic mass is 79.9. The maximum atomic E-state index is 4.70. The number of thiophene rings is 1. The van der Waals surface area contributed by atoms with E-state index in [0.717, 1.165) is 11.7 Å². The van der Waals surface area contributed by atoms with Gasteiger partial charge in [-0.1, -0.05) is 32.5 Å². The number of nitrogens with one attached hydrogen (secondary N) is 1. The molecule has 1 saturated heterocycles. The predicted molar refractivity (Wildman–Crippen MR) is 86.6 cm³/mol. The molecule has 1 aliphatic heterocycles. The first-order valence-corrected chi connectivity index (χ1v) is 8.78. The van der Waals surface area contributed by atoms with Crippen LogP contribution in [-0.4, -0.2) is 17.0 Å². The predicted octanol–water partition coefficient (Wildman–Crippen LogP) is 4.51. The van der Waals surface area contributed by atoms with Crippen LogP contribution in [0.2, 0.25) is 0 Å². The van der Waals surface area contributed by atoms with Crippen LogP contribution in [0.25, 0.3) is 0 Å². The van der Waals surface area contributed by atoms with Gasteiger partial charge in [0.1, 0.15) is 0 Å². The fourth-order valence-corrected chi connectivity index (χ4v) is 4.19. The van der Waals surface area contributed by atoms with Crippen LogP contribution in [0.4, 0.5) is 0 Å². The number of aliphatic imine (C=N–C) groups is 1. The number of amidine groups is 1. The van der Waals surface area contributed by atoms with Crippen LogP contribution >= 0.6 is 39.0 Å². The summed E-state index contributed by atoms with van der Waals surface area (Å²) in [5.74, 6) is 1.17. The van der Waals surface area contributed by atoms with Gasteiger partial charge in [0.25, 0.3) is 0 Å². The zero-order chi connectivity index (χ0) is 13.2. The molecular formula is C13H19BrN2S2. The lowest BCUT2D eigenvalue weighted by Gasteiger charge is -2.35. The van der Waals surface area contributed by atoms with E-state index in [4.69, 9.17) is 4.99 Å². The fourth-order valence-electron chi connectivity index (χ4n) is 1.86. The third kappa shape index (κ3) is 3.75. The highest BCUT2D eigenvalue weighted by Crippen LogP contribution is 2.28. The van der Waals surface area contributed by atoms with Gasteiger partial charge in [0.2, 0.25) is 0 Å². The maximum Gasteiger partial charge on any atom is 0.157 e. The van der Waals surface area contributed by atoms with Crippen molar-refractivity contribution >= 4 is 44.2 Å². The molecule has 5 heteroatoms. The molecule has 0 saturated carbocycles. The molecule has 2 nitrogen and oxygen atoms in total. The lowest BCUT2D eigenvalue weighted by molar-refractivity contribution is 0.290. The normalized spacial score (nSPS) is 23.1. The number of hydrogen-bond acceptors (Lipinski definition) is 3. The maximum absolute atomic E-state index is 4.70. The van der Waals surface area contributed by atoms with E-state index in [0.29, 0.717) is 11.5 Å². The molecule has 0 spiro atoms. The standard InChI is InChI=1S/C13H19BrN2S2/c1-13(2,3)11-5-7-18-12(16-11)15-8-10-9(14)4-6-17-10/h4,6,11H,5,7-8H2,1-3H3,(H,15,16). The van der Waals surface area contributed by atoms with Crippen molar-refractivity contribution in [3.8, 4) is 0 Å². The molecule has 0 bridgehead atoms. The molecule has 100 valence electrons. The zero-order valence-corrected chi connectivity index (χ0v) is 14.2. The monoisotopic (exact) mass is 346 g/mol. The van der Waals surface area contributed by atoms with Gasteiger partial charge in [0.15, 0.2) is 5.17 Å². The smallest absolute Gasteiger partial charge is 0.157 e. The Hall–Kier alpha value is -0.0000000000000000555. The van der Waals surface area contributed by atoms with E-state index in [1.807, 2.05) is 11.8 Å². The van der Waals surface area contributed by atoms with Crippen molar-refractivity contribution in [2.24, 2.45) is 10.4 Å². The molecule has 1 N–H and O–H groups in total. The molecule has 2 heterocycles. The molecular weight excluding hydrogens is 328 g/mol. The van der Waals surface area contributed by atoms with Crippen molar-refractivity contribution in [3.63, 3.8) is 0 Å². The van der Waals surface area contributed by atoms with Gasteiger partial charge >= 0.3 is 0 Å². The Morgan fingerprint density at radius 3 is 2.89 bits per heavy atom. The van der Waals surface area contributed by atoms with Crippen molar-refractivity contribution in [1.29, 1.82) is 0 Å². The minimum atomic E-state index is 0.297. The van der Waals surface area contributed by atoms with Gasteiger partial charge in [-0.2, -0.15) is 0 Å². The summed E-state index contributed by atoms with van der Waals surface area (Å²) in [6, 6.07) is 2.61. The van der Waals surface area contributed by atoms with Crippen LogP contribution < -0.4 is 5.32 Å². The van der Waals surface area contributed by atoms with Crippen LogP contribution in [-0.2, 0) is 6.54 Å². The van der Waals surface area contributed by atoms with Gasteiger partial charge in [-0.3, -0.25) is 4.99 Å². The van der Waals surface area contributed by atoms with Crippen LogP contribution in [0.3, 0.4) is 0 Å². The van der Waals surface area contributed by atoms with Gasteiger partial charge in [0.05, 0.1) is 6.54 Å². The molecule has 0 radical (unpaired) electrons. The minimum absolute atomic E-state index is 0.297. The van der Waals surface area contributed by atoms with Crippen molar-refractivity contribution in [2.45, 2.75) is 39.8 Å². The molecule has 1 unspecified atom stereocenters. The van der Waals surface area contributed by atoms with Gasteiger partial charge in [-0.15, -0.1) is 11.3 Å². The molecule has 0 aromatic carbocycles. The summed E-state index contributed by atoms with van der Waals surface area (Å²) >= 11 is 7.14. The number of thioether (sulfide) groups is 1. The molecule has 1 aromatic heterocycles. The third-order valence-corrected chi connectivity index (χ3v) is 5.92. The van der Waals surface area contributed by atoms with Crippen LogP contribution in [0.1, 0.15) is 32.1 Å². The summed E-state index contributed by atoms with van der Waals surface area (Å²) in [7, 11) is 0. The molecule has 1 fully saturated rings. The summed E-state index contributed by atoms with van der Waals surface area (Å²) in [6.07, 6.45) is 1.22. The number of hydrogen-bond donors (Lipinski definition) is 1. The third-order valence-electron chi connectivity index (χ3n) is 3.05. The summed E-state index contributed by atoms with van der Waals surface area (Å²) < 4.78 is 1.17. The number of halogens is 1. The Kier molecular flexibility index (Phi) is 4.78. The second kappa shape index (κ2) is 5.97. The summed E-state index contributed by atoms with van der Waals surface area (Å²) in [5.41, 5.74) is 0.297. The summed E-state index contributed by atoms with van der Waals surface area (Å²) in [6.45, 7) is 7.63. The Labute approximate surface area is 126 Å². The largest absolute Gasteiger partial charge is 0.362 e. The van der Waals surface area contributed by atoms with Crippen molar-refractivity contribution in [1.82, 2.24) is 5.32 Å². The van der Waals surface area contributed by atoms with Crippen LogP contribution in [0.15, 0.2) is 20.9 Å². The first kappa shape index (κ1) is 14.4. The van der Waals surface area contributed by atoms with Gasteiger partial charge in [0, 0.05) is 21.1 Å². The topological polar surface area (TPSA) is 24.4 Å². The van der Waals surface area contributed by atoms with Gasteiger partial charge in [-0.25, -0.2) is 0 Å². The second-order valence-corrected chi connectivity index (χ2v) is 8.45. The molecule has 1 aliphatic rings. The van der Waals surface area contributed by atoms with E-state index >= 15 is 0 Å². The lowest BCUT2D eigenvalue weighted by Crippen LogP contribution is -2.46. The quantitative estimate of drug-likeness (QED) is 0.851. The van der Waals surface area contributed by atoms with E-state index in [1.165, 1.54) is 21.5 Å². The molecule has 1 aromatic rings. The van der Waals surface area contributed by atoms with E-state index in [1.54, 1.807) is 11.3 Å². The number of nitrogens with zero attached hydrogens (tertiary/aromatic N) is 1. The molecule has 18 heavy (non-hydrogen) atoms. The van der Waals surface area contributed by atoms with Crippen molar-refractivity contribution in [2.75, 3.05) is 5.75 Å². The first-order chi connectivity index (χ1) is 8.47. The van der Waals surface area contributed by atoms with Crippen molar-refractivity contribution in [3.05, 3.63) is 20.8 Å². The van der Waals surface area contributed by atoms with Gasteiger partial charge in [-0.05, 0) is 39.2 Å². The Balaban J connectivity index is 1.99. The van der Waals surface area contributed by atoms with E-state index in [9.17, 15) is 0 Å². The minimum Gasteiger partial charge on any atom is -0.362 e. The van der Waals surface area contributed by atoms with Crippen molar-refractivity contribution < 1.29 is 0 Å². The summed E-state index contributed by atoms with van der Waals surface area (Å²) in [4.78, 5) is 5.99. The highest BCUT2D eigenvalue weighted by molar-refractivity contribution is 9.10. The molecule has 0 aliphatic carbocycles. The lowest BCUT2D eigenvalue weighted by atomic mass is 9.85. The second-order valence-electron chi connectivity index (χ2n) is 5.51. The highest BCUT2D eigenvalue weighted by Gasteiger charge is 2.28. The van der Waals surface area contributed by atoms with E-state index in [2.05, 4.69) is 53.5 Å². The first-order valence-electron chi connectivity index (χ1n) is 6.12. The Bertz CT molecular complexity index is 434. The number of rotatable bonds is 2. The Morgan fingerprint density at radius 1 is 1.50 bits per heavy atom. The Morgan fingerprint density at radius 2 is 2.28 bits per heavy atom. The molecule has 0 amide bonds. The van der Waals surface area contributed by atoms with Crippen LogP contribution in [0, 0.1) is 5.41 Å². The summed E-state index contributed by atoms with van der Waals surface area (Å²) in [5, 5.41) is 6.77. The fraction of sp³-hybridized carbons (Fsp3) is 0.615. The SMILES string of the molecule is CC(C)(C)C1CCSC(=NCc2sccc2Br)N1.